The molecule has 4 N–H and O–H groups in total. The minimum Gasteiger partial charge on any atom is -0.497 e. The highest BCUT2D eigenvalue weighted by Crippen LogP contribution is 2.61. The highest BCUT2D eigenvalue weighted by atomic mass is 16.6. The molecule has 0 bridgehead atoms. The van der Waals surface area contributed by atoms with E-state index >= 15 is 0 Å². The molecule has 2 saturated carbocycles. The van der Waals surface area contributed by atoms with Crippen molar-refractivity contribution >= 4 is 12.0 Å². The number of carbonyl (C=O) groups excluding carboxylic acids is 2. The minimum atomic E-state index is -0.643. The summed E-state index contributed by atoms with van der Waals surface area (Å²) < 4.78 is 10.9. The lowest BCUT2D eigenvalue weighted by Crippen LogP contribution is -2.61. The average Bonchev–Trinajstić information content (AvgIpc) is 2.82. The first-order valence-corrected chi connectivity index (χ1v) is 12.3. The lowest BCUT2D eigenvalue weighted by molar-refractivity contribution is -0.185. The molecule has 0 radical (unpaired) electrons. The van der Waals surface area contributed by atoms with Crippen LogP contribution in [-0.2, 0) is 16.1 Å². The largest absolute Gasteiger partial charge is 0.497 e. The molecular weight excluding hydrogens is 436 g/mol. The van der Waals surface area contributed by atoms with Crippen LogP contribution in [0.5, 0.6) is 5.75 Å². The van der Waals surface area contributed by atoms with Crippen LogP contribution >= 0.6 is 0 Å². The maximum Gasteiger partial charge on any atom is 0.407 e. The maximum atomic E-state index is 12.9. The molecule has 3 rings (SSSR count). The first-order valence-electron chi connectivity index (χ1n) is 12.3. The SMILES string of the molecule is CCNC(=O)O[C@@H]1CC[C@]2(C)C(CC[C@@H](O)[C@H]2CC(=O)NCc2ccc(OC)cc2)[C@]1(C)CO. The third-order valence-electron chi connectivity index (χ3n) is 8.30. The number of rotatable bonds is 8. The number of alkyl carbamates (subject to hydrolysis) is 1. The summed E-state index contributed by atoms with van der Waals surface area (Å²) in [6.45, 7) is 6.68. The van der Waals surface area contributed by atoms with Gasteiger partial charge < -0.3 is 30.3 Å². The lowest BCUT2D eigenvalue weighted by Gasteiger charge is -2.60. The molecule has 1 aromatic carbocycles. The van der Waals surface area contributed by atoms with Gasteiger partial charge in [-0.25, -0.2) is 4.79 Å². The second-order valence-electron chi connectivity index (χ2n) is 10.3. The van der Waals surface area contributed by atoms with Crippen LogP contribution in [0.2, 0.25) is 0 Å². The van der Waals surface area contributed by atoms with Crippen LogP contribution in [0.15, 0.2) is 24.3 Å². The molecule has 2 aliphatic carbocycles. The van der Waals surface area contributed by atoms with Gasteiger partial charge in [0.05, 0.1) is 19.8 Å². The Morgan fingerprint density at radius 3 is 2.44 bits per heavy atom. The lowest BCUT2D eigenvalue weighted by atomic mass is 9.46. The van der Waals surface area contributed by atoms with Gasteiger partial charge in [0.15, 0.2) is 0 Å². The number of methoxy groups -OCH3 is 1. The van der Waals surface area contributed by atoms with Gasteiger partial charge in [-0.3, -0.25) is 4.79 Å². The molecule has 0 spiro atoms. The van der Waals surface area contributed by atoms with Crippen molar-refractivity contribution in [3.8, 4) is 5.75 Å². The van der Waals surface area contributed by atoms with Crippen LogP contribution in [0, 0.1) is 22.7 Å². The summed E-state index contributed by atoms with van der Waals surface area (Å²) in [6.07, 6.45) is 1.31. The van der Waals surface area contributed by atoms with Crippen molar-refractivity contribution in [2.45, 2.75) is 71.6 Å². The molecule has 0 aliphatic heterocycles. The highest BCUT2D eigenvalue weighted by molar-refractivity contribution is 5.76. The molecule has 2 fully saturated rings. The molecule has 34 heavy (non-hydrogen) atoms. The summed E-state index contributed by atoms with van der Waals surface area (Å²) in [4.78, 5) is 25.0. The van der Waals surface area contributed by atoms with E-state index in [2.05, 4.69) is 17.6 Å². The number of carbonyl (C=O) groups is 2. The van der Waals surface area contributed by atoms with Crippen molar-refractivity contribution in [2.75, 3.05) is 20.3 Å². The van der Waals surface area contributed by atoms with E-state index in [1.165, 1.54) is 0 Å². The Balaban J connectivity index is 1.71. The first-order chi connectivity index (χ1) is 16.2. The Morgan fingerprint density at radius 1 is 1.12 bits per heavy atom. The number of hydrogen-bond donors (Lipinski definition) is 4. The predicted molar refractivity (Wildman–Crippen MR) is 128 cm³/mol. The number of hydrogen-bond acceptors (Lipinski definition) is 6. The van der Waals surface area contributed by atoms with Crippen LogP contribution in [0.4, 0.5) is 4.79 Å². The van der Waals surface area contributed by atoms with E-state index in [0.717, 1.165) is 11.3 Å². The quantitative estimate of drug-likeness (QED) is 0.458. The summed E-state index contributed by atoms with van der Waals surface area (Å²) in [7, 11) is 1.61. The Labute approximate surface area is 202 Å². The average molecular weight is 477 g/mol. The Hall–Kier alpha value is -2.32. The normalized spacial score (nSPS) is 32.9. The second-order valence-corrected chi connectivity index (χ2v) is 10.3. The summed E-state index contributed by atoms with van der Waals surface area (Å²) in [5.74, 6) is 0.436. The highest BCUT2D eigenvalue weighted by Gasteiger charge is 2.60. The number of benzene rings is 1. The summed E-state index contributed by atoms with van der Waals surface area (Å²) in [5.41, 5.74) is -0.0256. The monoisotopic (exact) mass is 476 g/mol. The van der Waals surface area contributed by atoms with Gasteiger partial charge in [0.25, 0.3) is 0 Å². The van der Waals surface area contributed by atoms with Crippen LogP contribution in [-0.4, -0.2) is 54.7 Å². The third-order valence-corrected chi connectivity index (χ3v) is 8.30. The third kappa shape index (κ3) is 5.33. The zero-order valence-electron chi connectivity index (χ0n) is 20.8. The topological polar surface area (TPSA) is 117 Å². The minimum absolute atomic E-state index is 0.0148. The fraction of sp³-hybridized carbons (Fsp3) is 0.692. The van der Waals surface area contributed by atoms with Gasteiger partial charge >= 0.3 is 6.09 Å². The number of aliphatic hydroxyl groups is 2. The smallest absolute Gasteiger partial charge is 0.407 e. The van der Waals surface area contributed by atoms with Gasteiger partial charge in [-0.15, -0.1) is 0 Å². The number of fused-ring (bicyclic) bond motifs is 1. The summed E-state index contributed by atoms with van der Waals surface area (Å²) in [6, 6.07) is 7.53. The van der Waals surface area contributed by atoms with E-state index in [1.807, 2.05) is 38.1 Å². The zero-order chi connectivity index (χ0) is 24.9. The zero-order valence-corrected chi connectivity index (χ0v) is 20.8. The van der Waals surface area contributed by atoms with Crippen molar-refractivity contribution < 1.29 is 29.3 Å². The Morgan fingerprint density at radius 2 is 1.82 bits per heavy atom. The van der Waals surface area contributed by atoms with Crippen molar-refractivity contribution in [1.29, 1.82) is 0 Å². The molecule has 6 atom stereocenters. The molecule has 190 valence electrons. The molecule has 1 aromatic rings. The molecule has 0 saturated heterocycles. The van der Waals surface area contributed by atoms with E-state index < -0.39 is 23.7 Å². The fourth-order valence-electron chi connectivity index (χ4n) is 6.31. The molecule has 8 nitrogen and oxygen atoms in total. The van der Waals surface area contributed by atoms with Crippen LogP contribution < -0.4 is 15.4 Å². The molecular formula is C26H40N2O6. The molecule has 2 amide bonds. The number of aliphatic hydroxyl groups excluding tert-OH is 2. The van der Waals surface area contributed by atoms with E-state index in [1.54, 1.807) is 7.11 Å². The maximum absolute atomic E-state index is 12.9. The Kier molecular flexibility index (Phi) is 8.47. The first kappa shape index (κ1) is 26.3. The van der Waals surface area contributed by atoms with Gasteiger partial charge in [0.2, 0.25) is 5.91 Å². The molecule has 0 heterocycles. The predicted octanol–water partition coefficient (Wildman–Crippen LogP) is 3.00. The van der Waals surface area contributed by atoms with Gasteiger partial charge in [0, 0.05) is 24.9 Å². The molecule has 0 aromatic heterocycles. The van der Waals surface area contributed by atoms with E-state index in [4.69, 9.17) is 9.47 Å². The van der Waals surface area contributed by atoms with Crippen molar-refractivity contribution in [1.82, 2.24) is 10.6 Å². The number of amides is 2. The molecule has 2 aliphatic rings. The van der Waals surface area contributed by atoms with Crippen LogP contribution in [0.25, 0.3) is 0 Å². The van der Waals surface area contributed by atoms with Crippen LogP contribution in [0.1, 0.15) is 58.4 Å². The van der Waals surface area contributed by atoms with Crippen LogP contribution in [0.3, 0.4) is 0 Å². The Bertz CT molecular complexity index is 846. The standard InChI is InChI=1S/C26H40N2O6/c1-5-27-24(32)34-22-12-13-25(2)19(20(30)10-11-21(25)26(22,3)16-29)14-23(31)28-15-17-6-8-18(33-4)9-7-17/h6-9,19-22,29-30H,5,10-16H2,1-4H3,(H,27,32)(H,28,31)/t19-,20-,21?,22-,25+,26+/m1/s1. The van der Waals surface area contributed by atoms with E-state index in [-0.39, 0.29) is 36.2 Å². The van der Waals surface area contributed by atoms with E-state index in [0.29, 0.717) is 38.8 Å². The number of nitrogens with one attached hydrogen (secondary N) is 2. The van der Waals surface area contributed by atoms with Gasteiger partial charge in [-0.2, -0.15) is 0 Å². The van der Waals surface area contributed by atoms with Crippen molar-refractivity contribution in [2.24, 2.45) is 22.7 Å². The second kappa shape index (κ2) is 11.0. The fourth-order valence-corrected chi connectivity index (χ4v) is 6.31. The molecule has 8 heteroatoms. The summed E-state index contributed by atoms with van der Waals surface area (Å²) >= 11 is 0. The summed E-state index contributed by atoms with van der Waals surface area (Å²) in [5, 5.41) is 27.0. The number of ether oxygens (including phenoxy) is 2. The van der Waals surface area contributed by atoms with E-state index in [9.17, 15) is 19.8 Å². The van der Waals surface area contributed by atoms with Crippen molar-refractivity contribution in [3.05, 3.63) is 29.8 Å². The molecule has 1 unspecified atom stereocenters. The van der Waals surface area contributed by atoms with Gasteiger partial charge in [-0.05, 0) is 67.6 Å². The van der Waals surface area contributed by atoms with Gasteiger partial charge in [-0.1, -0.05) is 26.0 Å². The van der Waals surface area contributed by atoms with Gasteiger partial charge in [0.1, 0.15) is 11.9 Å². The van der Waals surface area contributed by atoms with Crippen molar-refractivity contribution in [3.63, 3.8) is 0 Å².